The van der Waals surface area contributed by atoms with E-state index in [1.54, 1.807) is 0 Å². The number of hydrogen-bond acceptors (Lipinski definition) is 3. The van der Waals surface area contributed by atoms with E-state index in [9.17, 15) is 0 Å². The minimum Gasteiger partial charge on any atom is -0.360 e. The Labute approximate surface area is 136 Å². The Morgan fingerprint density at radius 2 is 2.09 bits per heavy atom. The van der Waals surface area contributed by atoms with Crippen LogP contribution in [0.4, 0.5) is 5.82 Å². The number of aromatic nitrogens is 3. The zero-order valence-corrected chi connectivity index (χ0v) is 13.7. The van der Waals surface area contributed by atoms with Crippen LogP contribution in [-0.2, 0) is 19.3 Å². The summed E-state index contributed by atoms with van der Waals surface area (Å²) in [5, 5.41) is 3.63. The molecule has 1 N–H and O–H groups in total. The quantitative estimate of drug-likeness (QED) is 0.793. The minimum atomic E-state index is 0.330. The zero-order valence-electron chi connectivity index (χ0n) is 13.7. The van der Waals surface area contributed by atoms with Gasteiger partial charge in [-0.05, 0) is 36.8 Å². The van der Waals surface area contributed by atoms with Gasteiger partial charge in [-0.3, -0.25) is 4.40 Å². The lowest BCUT2D eigenvalue weighted by molar-refractivity contribution is 0.757. The van der Waals surface area contributed by atoms with Crippen LogP contribution in [0.5, 0.6) is 0 Å². The van der Waals surface area contributed by atoms with E-state index in [1.165, 1.54) is 22.5 Å². The van der Waals surface area contributed by atoms with Gasteiger partial charge in [-0.25, -0.2) is 9.97 Å². The molecule has 1 unspecified atom stereocenters. The van der Waals surface area contributed by atoms with Crippen molar-refractivity contribution in [3.63, 3.8) is 0 Å². The SMILES string of the molecule is CCc1nc2c(NC3CCc4ccccc43)nccn2c1CC. The normalized spacial score (nSPS) is 16.7. The van der Waals surface area contributed by atoms with Crippen LogP contribution in [0.3, 0.4) is 0 Å². The van der Waals surface area contributed by atoms with Crippen molar-refractivity contribution in [3.05, 3.63) is 59.2 Å². The standard InChI is InChI=1S/C19H22N4/c1-3-15-17(4-2)23-12-11-20-18(19(23)22-15)21-16-10-9-13-7-5-6-8-14(13)16/h5-8,11-12,16H,3-4,9-10H2,1-2H3,(H,20,21). The Hall–Kier alpha value is -2.36. The predicted octanol–water partition coefficient (Wildman–Crippen LogP) is 3.95. The molecule has 4 nitrogen and oxygen atoms in total. The molecule has 0 bridgehead atoms. The summed E-state index contributed by atoms with van der Waals surface area (Å²) in [4.78, 5) is 9.41. The molecule has 1 aliphatic carbocycles. The summed E-state index contributed by atoms with van der Waals surface area (Å²) in [6.45, 7) is 4.35. The molecule has 4 heteroatoms. The molecule has 0 amide bonds. The third-order valence-electron chi connectivity index (χ3n) is 4.84. The van der Waals surface area contributed by atoms with Crippen molar-refractivity contribution in [2.24, 2.45) is 0 Å². The van der Waals surface area contributed by atoms with Gasteiger partial charge in [0, 0.05) is 18.1 Å². The number of nitrogens with one attached hydrogen (secondary N) is 1. The minimum absolute atomic E-state index is 0.330. The summed E-state index contributed by atoms with van der Waals surface area (Å²) < 4.78 is 2.19. The third kappa shape index (κ3) is 2.29. The molecule has 0 saturated heterocycles. The second kappa shape index (κ2) is 5.69. The fourth-order valence-corrected chi connectivity index (χ4v) is 3.70. The molecule has 118 valence electrons. The third-order valence-corrected chi connectivity index (χ3v) is 4.84. The van der Waals surface area contributed by atoms with E-state index < -0.39 is 0 Å². The second-order valence-electron chi connectivity index (χ2n) is 6.12. The van der Waals surface area contributed by atoms with Gasteiger partial charge in [0.05, 0.1) is 11.7 Å². The van der Waals surface area contributed by atoms with Crippen molar-refractivity contribution >= 4 is 11.5 Å². The van der Waals surface area contributed by atoms with Crippen LogP contribution in [0.1, 0.15) is 48.8 Å². The van der Waals surface area contributed by atoms with Gasteiger partial charge in [0.25, 0.3) is 0 Å². The van der Waals surface area contributed by atoms with Gasteiger partial charge in [-0.1, -0.05) is 38.1 Å². The van der Waals surface area contributed by atoms with E-state index in [4.69, 9.17) is 4.98 Å². The predicted molar refractivity (Wildman–Crippen MR) is 92.9 cm³/mol. The fraction of sp³-hybridized carbons (Fsp3) is 0.368. The summed E-state index contributed by atoms with van der Waals surface area (Å²) in [5.41, 5.74) is 6.26. The first-order valence-corrected chi connectivity index (χ1v) is 8.51. The summed E-state index contributed by atoms with van der Waals surface area (Å²) in [6.07, 6.45) is 8.08. The summed E-state index contributed by atoms with van der Waals surface area (Å²) in [6, 6.07) is 9.02. The molecule has 0 aliphatic heterocycles. The number of fused-ring (bicyclic) bond motifs is 2. The number of benzene rings is 1. The van der Waals surface area contributed by atoms with Crippen LogP contribution in [0, 0.1) is 0 Å². The highest BCUT2D eigenvalue weighted by Crippen LogP contribution is 2.34. The van der Waals surface area contributed by atoms with Crippen molar-refractivity contribution in [2.75, 3.05) is 5.32 Å². The van der Waals surface area contributed by atoms with Gasteiger partial charge in [0.2, 0.25) is 0 Å². The molecule has 3 aromatic rings. The summed E-state index contributed by atoms with van der Waals surface area (Å²) in [7, 11) is 0. The van der Waals surface area contributed by atoms with Crippen molar-refractivity contribution in [1.82, 2.24) is 14.4 Å². The van der Waals surface area contributed by atoms with Crippen molar-refractivity contribution < 1.29 is 0 Å². The lowest BCUT2D eigenvalue weighted by atomic mass is 10.1. The Morgan fingerprint density at radius 3 is 2.91 bits per heavy atom. The van der Waals surface area contributed by atoms with E-state index in [1.807, 2.05) is 12.4 Å². The molecule has 4 rings (SSSR count). The smallest absolute Gasteiger partial charge is 0.180 e. The van der Waals surface area contributed by atoms with Crippen LogP contribution in [-0.4, -0.2) is 14.4 Å². The number of aryl methyl sites for hydroxylation is 3. The maximum Gasteiger partial charge on any atom is 0.180 e. The molecule has 2 aromatic heterocycles. The summed E-state index contributed by atoms with van der Waals surface area (Å²) in [5.74, 6) is 0.892. The van der Waals surface area contributed by atoms with Crippen molar-refractivity contribution in [3.8, 4) is 0 Å². The molecule has 1 atom stereocenters. The van der Waals surface area contributed by atoms with E-state index in [0.717, 1.165) is 37.1 Å². The number of hydrogen-bond donors (Lipinski definition) is 1. The Kier molecular flexibility index (Phi) is 3.52. The largest absolute Gasteiger partial charge is 0.360 e. The zero-order chi connectivity index (χ0) is 15.8. The van der Waals surface area contributed by atoms with Crippen LogP contribution in [0.25, 0.3) is 5.65 Å². The monoisotopic (exact) mass is 306 g/mol. The van der Waals surface area contributed by atoms with Crippen molar-refractivity contribution in [1.29, 1.82) is 0 Å². The van der Waals surface area contributed by atoms with Gasteiger partial charge < -0.3 is 5.32 Å². The van der Waals surface area contributed by atoms with E-state index >= 15 is 0 Å². The average Bonchev–Trinajstić information content (AvgIpc) is 3.16. The van der Waals surface area contributed by atoms with Crippen LogP contribution in [0.15, 0.2) is 36.7 Å². The molecule has 23 heavy (non-hydrogen) atoms. The molecule has 2 heterocycles. The molecule has 1 aromatic carbocycles. The molecule has 0 radical (unpaired) electrons. The van der Waals surface area contributed by atoms with Gasteiger partial charge in [-0.15, -0.1) is 0 Å². The Bertz CT molecular complexity index is 850. The summed E-state index contributed by atoms with van der Waals surface area (Å²) >= 11 is 0. The lowest BCUT2D eigenvalue weighted by Crippen LogP contribution is -2.10. The van der Waals surface area contributed by atoms with Gasteiger partial charge in [0.15, 0.2) is 11.5 Å². The van der Waals surface area contributed by atoms with Crippen molar-refractivity contribution in [2.45, 2.75) is 45.6 Å². The highest BCUT2D eigenvalue weighted by atomic mass is 15.1. The number of anilines is 1. The number of imidazole rings is 1. The average molecular weight is 306 g/mol. The molecule has 0 saturated carbocycles. The van der Waals surface area contributed by atoms with E-state index in [-0.39, 0.29) is 0 Å². The highest BCUT2D eigenvalue weighted by Gasteiger charge is 2.23. The molecular weight excluding hydrogens is 284 g/mol. The highest BCUT2D eigenvalue weighted by molar-refractivity contribution is 5.65. The first-order valence-electron chi connectivity index (χ1n) is 8.51. The second-order valence-corrected chi connectivity index (χ2v) is 6.12. The number of nitrogens with zero attached hydrogens (tertiary/aromatic N) is 3. The topological polar surface area (TPSA) is 42.2 Å². The van der Waals surface area contributed by atoms with Gasteiger partial charge in [0.1, 0.15) is 0 Å². The number of rotatable bonds is 4. The van der Waals surface area contributed by atoms with Crippen LogP contribution >= 0.6 is 0 Å². The van der Waals surface area contributed by atoms with E-state index in [2.05, 4.69) is 52.8 Å². The van der Waals surface area contributed by atoms with Crippen LogP contribution < -0.4 is 5.32 Å². The van der Waals surface area contributed by atoms with Gasteiger partial charge >= 0.3 is 0 Å². The maximum absolute atomic E-state index is 4.84. The Morgan fingerprint density at radius 1 is 1.22 bits per heavy atom. The fourth-order valence-electron chi connectivity index (χ4n) is 3.70. The van der Waals surface area contributed by atoms with Gasteiger partial charge in [-0.2, -0.15) is 0 Å². The lowest BCUT2D eigenvalue weighted by Gasteiger charge is -2.15. The molecule has 0 spiro atoms. The molecular formula is C19H22N4. The first-order chi connectivity index (χ1) is 11.3. The molecule has 0 fully saturated rings. The first kappa shape index (κ1) is 14.2. The van der Waals surface area contributed by atoms with E-state index in [0.29, 0.717) is 6.04 Å². The Balaban J connectivity index is 1.74. The van der Waals surface area contributed by atoms with Crippen LogP contribution in [0.2, 0.25) is 0 Å². The molecule has 1 aliphatic rings. The maximum atomic E-state index is 4.84.